The van der Waals surface area contributed by atoms with Gasteiger partial charge in [0.15, 0.2) is 5.17 Å². The zero-order chi connectivity index (χ0) is 14.3. The third-order valence-electron chi connectivity index (χ3n) is 4.09. The molecule has 3 atom stereocenters. The van der Waals surface area contributed by atoms with Crippen LogP contribution in [0.15, 0.2) is 23.2 Å². The molecule has 1 saturated heterocycles. The number of thioether (sulfide) groups is 1. The topological polar surface area (TPSA) is 47.6 Å². The van der Waals surface area contributed by atoms with E-state index in [1.807, 2.05) is 0 Å². The first-order valence-corrected chi connectivity index (χ1v) is 7.46. The lowest BCUT2D eigenvalue weighted by Crippen LogP contribution is -2.50. The monoisotopic (exact) mass is 298 g/mol. The van der Waals surface area contributed by atoms with Crippen molar-refractivity contribution >= 4 is 16.9 Å². The van der Waals surface area contributed by atoms with Gasteiger partial charge in [0.1, 0.15) is 17.2 Å². The second-order valence-corrected chi connectivity index (χ2v) is 6.67. The van der Waals surface area contributed by atoms with Crippen molar-refractivity contribution in [2.45, 2.75) is 24.1 Å². The molecule has 108 valence electrons. The molecule has 6 heteroatoms. The van der Waals surface area contributed by atoms with Crippen molar-refractivity contribution in [3.8, 4) is 0 Å². The molecule has 2 unspecified atom stereocenters. The summed E-state index contributed by atoms with van der Waals surface area (Å²) in [6.07, 6.45) is 0.793. The smallest absolute Gasteiger partial charge is 0.155 e. The van der Waals surface area contributed by atoms with Gasteiger partial charge >= 0.3 is 0 Å². The molecular formula is C14H16F2N2OS. The molecule has 1 aromatic rings. The van der Waals surface area contributed by atoms with Crippen LogP contribution >= 0.6 is 11.8 Å². The van der Waals surface area contributed by atoms with Crippen molar-refractivity contribution in [2.75, 3.05) is 13.2 Å². The Kier molecular flexibility index (Phi) is 3.46. The largest absolute Gasteiger partial charge is 0.379 e. The third-order valence-corrected chi connectivity index (χ3v) is 5.12. The van der Waals surface area contributed by atoms with Crippen LogP contribution < -0.4 is 5.73 Å². The lowest BCUT2D eigenvalue weighted by Gasteiger charge is -2.46. The highest BCUT2D eigenvalue weighted by Crippen LogP contribution is 2.48. The van der Waals surface area contributed by atoms with Crippen molar-refractivity contribution in [3.05, 3.63) is 35.4 Å². The Morgan fingerprint density at radius 1 is 1.45 bits per heavy atom. The maximum Gasteiger partial charge on any atom is 0.155 e. The highest BCUT2D eigenvalue weighted by atomic mass is 32.2. The van der Waals surface area contributed by atoms with E-state index in [1.54, 1.807) is 0 Å². The Hall–Kier alpha value is -1.14. The number of benzene rings is 1. The van der Waals surface area contributed by atoms with Crippen LogP contribution in [0.4, 0.5) is 8.78 Å². The van der Waals surface area contributed by atoms with E-state index in [4.69, 9.17) is 10.5 Å². The maximum absolute atomic E-state index is 14.2. The summed E-state index contributed by atoms with van der Waals surface area (Å²) < 4.78 is 32.9. The molecule has 0 bridgehead atoms. The molecule has 0 aliphatic carbocycles. The van der Waals surface area contributed by atoms with Crippen LogP contribution in [0.2, 0.25) is 0 Å². The molecule has 1 fully saturated rings. The minimum Gasteiger partial charge on any atom is -0.379 e. The summed E-state index contributed by atoms with van der Waals surface area (Å²) in [7, 11) is 0. The average Bonchev–Trinajstić information content (AvgIpc) is 2.37. The summed E-state index contributed by atoms with van der Waals surface area (Å²) >= 11 is 1.50. The van der Waals surface area contributed by atoms with Crippen molar-refractivity contribution in [3.63, 3.8) is 0 Å². The third kappa shape index (κ3) is 2.11. The van der Waals surface area contributed by atoms with Gasteiger partial charge in [0, 0.05) is 29.4 Å². The fourth-order valence-corrected chi connectivity index (χ4v) is 4.32. The second-order valence-electron chi connectivity index (χ2n) is 5.27. The van der Waals surface area contributed by atoms with Gasteiger partial charge in [0.25, 0.3) is 0 Å². The van der Waals surface area contributed by atoms with E-state index in [0.717, 1.165) is 12.5 Å². The first-order chi connectivity index (χ1) is 9.53. The molecule has 0 aromatic heterocycles. The number of ether oxygens (including phenoxy) is 1. The molecule has 2 aliphatic rings. The predicted octanol–water partition coefficient (Wildman–Crippen LogP) is 2.65. The Balaban J connectivity index is 2.16. The Morgan fingerprint density at radius 3 is 3.00 bits per heavy atom. The van der Waals surface area contributed by atoms with E-state index >= 15 is 0 Å². The summed E-state index contributed by atoms with van der Waals surface area (Å²) in [6.45, 7) is 2.99. The number of amidine groups is 1. The zero-order valence-electron chi connectivity index (χ0n) is 11.1. The molecule has 3 nitrogen and oxygen atoms in total. The number of aliphatic imine (C=N–C) groups is 1. The van der Waals surface area contributed by atoms with Gasteiger partial charge in [-0.2, -0.15) is 0 Å². The minimum atomic E-state index is -0.829. The summed E-state index contributed by atoms with van der Waals surface area (Å²) in [5, 5.41) is 0.656. The van der Waals surface area contributed by atoms with Gasteiger partial charge in [-0.05, 0) is 12.5 Å². The van der Waals surface area contributed by atoms with Crippen LogP contribution in [0, 0.1) is 17.6 Å². The highest BCUT2D eigenvalue weighted by Gasteiger charge is 2.49. The average molecular weight is 298 g/mol. The van der Waals surface area contributed by atoms with Gasteiger partial charge < -0.3 is 10.5 Å². The van der Waals surface area contributed by atoms with E-state index in [0.29, 0.717) is 17.3 Å². The molecule has 2 N–H and O–H groups in total. The normalized spacial score (nSPS) is 33.5. The van der Waals surface area contributed by atoms with Crippen LogP contribution in [0.25, 0.3) is 0 Å². The van der Waals surface area contributed by atoms with E-state index in [9.17, 15) is 8.78 Å². The standard InChI is InChI=1S/C14H16F2N2OS/c1-8-10-4-5-19-7-14(10,18-13(17)20-8)11-3-2-9(15)6-12(11)16/h2-3,6,8,10H,4-5,7H2,1H3,(H2,17,18)/t8-,10?,14?/m1/s1. The fraction of sp³-hybridized carbons (Fsp3) is 0.500. The molecule has 2 aliphatic heterocycles. The van der Waals surface area contributed by atoms with Gasteiger partial charge in [-0.1, -0.05) is 24.8 Å². The number of hydrogen-bond acceptors (Lipinski definition) is 4. The molecule has 0 amide bonds. The van der Waals surface area contributed by atoms with Crippen LogP contribution in [0.1, 0.15) is 18.9 Å². The number of hydrogen-bond donors (Lipinski definition) is 1. The van der Waals surface area contributed by atoms with Crippen molar-refractivity contribution in [2.24, 2.45) is 16.6 Å². The number of halogens is 2. The molecule has 0 spiro atoms. The Morgan fingerprint density at radius 2 is 2.25 bits per heavy atom. The van der Waals surface area contributed by atoms with E-state index in [-0.39, 0.29) is 17.8 Å². The van der Waals surface area contributed by atoms with Crippen LogP contribution in [0.5, 0.6) is 0 Å². The van der Waals surface area contributed by atoms with Gasteiger partial charge in [0.2, 0.25) is 0 Å². The Bertz CT molecular complexity index is 566. The maximum atomic E-state index is 14.2. The lowest BCUT2D eigenvalue weighted by molar-refractivity contribution is -0.00424. The van der Waals surface area contributed by atoms with Gasteiger partial charge in [0.05, 0.1) is 6.61 Å². The fourth-order valence-electron chi connectivity index (χ4n) is 3.20. The number of nitrogens with two attached hydrogens (primary N) is 1. The minimum absolute atomic E-state index is 0.133. The van der Waals surface area contributed by atoms with Crippen molar-refractivity contribution < 1.29 is 13.5 Å². The first kappa shape index (κ1) is 13.8. The SMILES string of the molecule is C[C@H]1SC(N)=NC2(c3ccc(F)cc3F)COCCC12. The summed E-state index contributed by atoms with van der Waals surface area (Å²) in [5.74, 6) is -1.05. The molecule has 0 saturated carbocycles. The molecular weight excluding hydrogens is 282 g/mol. The molecule has 2 heterocycles. The first-order valence-electron chi connectivity index (χ1n) is 6.58. The van der Waals surface area contributed by atoms with Crippen LogP contribution in [-0.2, 0) is 10.3 Å². The number of rotatable bonds is 1. The molecule has 0 radical (unpaired) electrons. The second kappa shape index (κ2) is 5.00. The van der Waals surface area contributed by atoms with E-state index in [1.165, 1.54) is 23.9 Å². The van der Waals surface area contributed by atoms with Gasteiger partial charge in [-0.25, -0.2) is 13.8 Å². The van der Waals surface area contributed by atoms with Crippen LogP contribution in [-0.4, -0.2) is 23.6 Å². The lowest BCUT2D eigenvalue weighted by atomic mass is 9.74. The zero-order valence-corrected chi connectivity index (χ0v) is 11.9. The Labute approximate surface area is 120 Å². The molecule has 1 aromatic carbocycles. The summed E-state index contributed by atoms with van der Waals surface area (Å²) in [6, 6.07) is 3.62. The number of fused-ring (bicyclic) bond motifs is 1. The predicted molar refractivity (Wildman–Crippen MR) is 75.6 cm³/mol. The van der Waals surface area contributed by atoms with Crippen molar-refractivity contribution in [1.82, 2.24) is 0 Å². The summed E-state index contributed by atoms with van der Waals surface area (Å²) in [5.41, 5.74) is 5.44. The van der Waals surface area contributed by atoms with E-state index in [2.05, 4.69) is 11.9 Å². The van der Waals surface area contributed by atoms with E-state index < -0.39 is 17.2 Å². The van der Waals surface area contributed by atoms with Crippen LogP contribution in [0.3, 0.4) is 0 Å². The quantitative estimate of drug-likeness (QED) is 0.867. The highest BCUT2D eigenvalue weighted by molar-refractivity contribution is 8.14. The molecule has 3 rings (SSSR count). The van der Waals surface area contributed by atoms with Gasteiger partial charge in [-0.15, -0.1) is 0 Å². The molecule has 20 heavy (non-hydrogen) atoms. The van der Waals surface area contributed by atoms with Crippen molar-refractivity contribution in [1.29, 1.82) is 0 Å². The number of nitrogens with zero attached hydrogens (tertiary/aromatic N) is 1. The summed E-state index contributed by atoms with van der Waals surface area (Å²) in [4.78, 5) is 4.52. The van der Waals surface area contributed by atoms with Gasteiger partial charge in [-0.3, -0.25) is 0 Å².